The van der Waals surface area contributed by atoms with Crippen LogP contribution in [0.5, 0.6) is 0 Å². The average Bonchev–Trinajstić information content (AvgIpc) is 2.52. The van der Waals surface area contributed by atoms with Crippen LogP contribution in [-0.4, -0.2) is 11.4 Å². The summed E-state index contributed by atoms with van der Waals surface area (Å²) in [5.74, 6) is 0. The van der Waals surface area contributed by atoms with Crippen molar-refractivity contribution in [1.82, 2.24) is 5.32 Å². The molecule has 0 saturated carbocycles. The summed E-state index contributed by atoms with van der Waals surface area (Å²) in [4.78, 5) is 1.40. The first-order valence-electron chi connectivity index (χ1n) is 3.64. The molecule has 0 spiro atoms. The topological polar surface area (TPSA) is 12.0 Å². The third-order valence-corrected chi connectivity index (χ3v) is 3.28. The van der Waals surface area contributed by atoms with Crippen LogP contribution in [0.3, 0.4) is 0 Å². The van der Waals surface area contributed by atoms with E-state index in [-0.39, 0.29) is 0 Å². The van der Waals surface area contributed by atoms with Crippen molar-refractivity contribution in [1.29, 1.82) is 0 Å². The normalized spacial score (nSPS) is 13.3. The lowest BCUT2D eigenvalue weighted by molar-refractivity contribution is 0.603. The van der Waals surface area contributed by atoms with Gasteiger partial charge in [0, 0.05) is 22.8 Å². The standard InChI is InChI=1S/C8H12BrNS/c1-7(5-9)10-6-8-3-2-4-11-8/h2-4,7,10H,5-6H2,1H3. The Hall–Kier alpha value is 0.140. The highest BCUT2D eigenvalue weighted by Gasteiger charge is 1.98. The molecule has 1 aromatic heterocycles. The second kappa shape index (κ2) is 4.91. The highest BCUT2D eigenvalue weighted by atomic mass is 79.9. The summed E-state index contributed by atoms with van der Waals surface area (Å²) in [6.07, 6.45) is 0. The van der Waals surface area contributed by atoms with E-state index >= 15 is 0 Å². The van der Waals surface area contributed by atoms with Gasteiger partial charge in [0.25, 0.3) is 0 Å². The lowest BCUT2D eigenvalue weighted by Gasteiger charge is -2.08. The first kappa shape index (κ1) is 9.23. The van der Waals surface area contributed by atoms with E-state index in [9.17, 15) is 0 Å². The second-order valence-electron chi connectivity index (χ2n) is 2.52. The minimum atomic E-state index is 0.553. The van der Waals surface area contributed by atoms with E-state index in [1.807, 2.05) is 0 Å². The summed E-state index contributed by atoms with van der Waals surface area (Å²) in [6.45, 7) is 3.16. The molecule has 0 radical (unpaired) electrons. The summed E-state index contributed by atoms with van der Waals surface area (Å²) in [7, 11) is 0. The molecule has 3 heteroatoms. The van der Waals surface area contributed by atoms with Gasteiger partial charge in [0.1, 0.15) is 0 Å². The Morgan fingerprint density at radius 3 is 3.09 bits per heavy atom. The zero-order valence-electron chi connectivity index (χ0n) is 6.51. The average molecular weight is 234 g/mol. The van der Waals surface area contributed by atoms with Crippen LogP contribution in [0.15, 0.2) is 17.5 Å². The summed E-state index contributed by atoms with van der Waals surface area (Å²) < 4.78 is 0. The van der Waals surface area contributed by atoms with Gasteiger partial charge >= 0.3 is 0 Å². The molecule has 0 fully saturated rings. The van der Waals surface area contributed by atoms with E-state index in [4.69, 9.17) is 0 Å². The van der Waals surface area contributed by atoms with E-state index in [1.54, 1.807) is 11.3 Å². The lowest BCUT2D eigenvalue weighted by atomic mass is 10.4. The van der Waals surface area contributed by atoms with Crippen molar-refractivity contribution in [3.63, 3.8) is 0 Å². The van der Waals surface area contributed by atoms with Crippen LogP contribution < -0.4 is 5.32 Å². The van der Waals surface area contributed by atoms with Crippen molar-refractivity contribution in [3.05, 3.63) is 22.4 Å². The highest BCUT2D eigenvalue weighted by molar-refractivity contribution is 9.09. The van der Waals surface area contributed by atoms with E-state index in [1.165, 1.54) is 4.88 Å². The molecule has 0 aliphatic rings. The van der Waals surface area contributed by atoms with Gasteiger partial charge in [-0.15, -0.1) is 11.3 Å². The monoisotopic (exact) mass is 233 g/mol. The van der Waals surface area contributed by atoms with Gasteiger partial charge in [-0.1, -0.05) is 22.0 Å². The fraction of sp³-hybridized carbons (Fsp3) is 0.500. The van der Waals surface area contributed by atoms with E-state index in [2.05, 4.69) is 45.7 Å². The Morgan fingerprint density at radius 2 is 2.55 bits per heavy atom. The number of hydrogen-bond donors (Lipinski definition) is 1. The van der Waals surface area contributed by atoms with Gasteiger partial charge < -0.3 is 5.32 Å². The van der Waals surface area contributed by atoms with Gasteiger partial charge in [-0.3, -0.25) is 0 Å². The molecule has 0 amide bonds. The number of nitrogens with one attached hydrogen (secondary N) is 1. The maximum Gasteiger partial charge on any atom is 0.0302 e. The third-order valence-electron chi connectivity index (χ3n) is 1.44. The van der Waals surface area contributed by atoms with Crippen LogP contribution in [0.25, 0.3) is 0 Å². The third kappa shape index (κ3) is 3.36. The van der Waals surface area contributed by atoms with E-state index < -0.39 is 0 Å². The molecule has 1 unspecified atom stereocenters. The summed E-state index contributed by atoms with van der Waals surface area (Å²) in [5.41, 5.74) is 0. The number of halogens is 1. The molecule has 0 bridgehead atoms. The van der Waals surface area contributed by atoms with Gasteiger partial charge in [0.05, 0.1) is 0 Å². The minimum absolute atomic E-state index is 0.553. The van der Waals surface area contributed by atoms with Crippen molar-refractivity contribution in [2.24, 2.45) is 0 Å². The molecule has 1 heterocycles. The quantitative estimate of drug-likeness (QED) is 0.789. The summed E-state index contributed by atoms with van der Waals surface area (Å²) in [5, 5.41) is 6.52. The van der Waals surface area contributed by atoms with Gasteiger partial charge in [0.2, 0.25) is 0 Å². The number of hydrogen-bond acceptors (Lipinski definition) is 2. The number of alkyl halides is 1. The summed E-state index contributed by atoms with van der Waals surface area (Å²) in [6, 6.07) is 4.79. The predicted octanol–water partition coefficient (Wildman–Crippen LogP) is 2.62. The van der Waals surface area contributed by atoms with Crippen LogP contribution in [0, 0.1) is 0 Å². The number of thiophene rings is 1. The van der Waals surface area contributed by atoms with Crippen molar-refractivity contribution in [2.45, 2.75) is 19.5 Å². The summed E-state index contributed by atoms with van der Waals surface area (Å²) >= 11 is 5.22. The molecular formula is C8H12BrNS. The molecule has 1 aromatic rings. The zero-order valence-corrected chi connectivity index (χ0v) is 8.91. The zero-order chi connectivity index (χ0) is 8.10. The molecule has 1 rings (SSSR count). The molecule has 0 saturated heterocycles. The van der Waals surface area contributed by atoms with Crippen molar-refractivity contribution >= 4 is 27.3 Å². The highest BCUT2D eigenvalue weighted by Crippen LogP contribution is 2.07. The van der Waals surface area contributed by atoms with Gasteiger partial charge in [-0.05, 0) is 18.4 Å². The molecule has 62 valence electrons. The van der Waals surface area contributed by atoms with Crippen molar-refractivity contribution < 1.29 is 0 Å². The molecule has 0 aliphatic carbocycles. The Balaban J connectivity index is 2.23. The SMILES string of the molecule is CC(CBr)NCc1cccs1. The minimum Gasteiger partial charge on any atom is -0.309 e. The Morgan fingerprint density at radius 1 is 1.73 bits per heavy atom. The molecule has 1 N–H and O–H groups in total. The maximum absolute atomic E-state index is 3.42. The van der Waals surface area contributed by atoms with Crippen LogP contribution in [0.2, 0.25) is 0 Å². The molecule has 0 aliphatic heterocycles. The first-order valence-corrected chi connectivity index (χ1v) is 5.64. The molecule has 11 heavy (non-hydrogen) atoms. The van der Waals surface area contributed by atoms with E-state index in [0.29, 0.717) is 6.04 Å². The first-order chi connectivity index (χ1) is 5.33. The molecular weight excluding hydrogens is 222 g/mol. The Bertz CT molecular complexity index is 186. The van der Waals surface area contributed by atoms with Crippen LogP contribution in [0.4, 0.5) is 0 Å². The lowest BCUT2D eigenvalue weighted by Crippen LogP contribution is -2.26. The largest absolute Gasteiger partial charge is 0.309 e. The second-order valence-corrected chi connectivity index (χ2v) is 4.20. The molecule has 0 aromatic carbocycles. The van der Waals surface area contributed by atoms with Crippen LogP contribution in [0.1, 0.15) is 11.8 Å². The van der Waals surface area contributed by atoms with E-state index in [0.717, 1.165) is 11.9 Å². The van der Waals surface area contributed by atoms with Crippen molar-refractivity contribution in [3.8, 4) is 0 Å². The molecule has 1 nitrogen and oxygen atoms in total. The maximum atomic E-state index is 3.42. The fourth-order valence-corrected chi connectivity index (χ4v) is 1.63. The van der Waals surface area contributed by atoms with Gasteiger partial charge in [-0.25, -0.2) is 0 Å². The fourth-order valence-electron chi connectivity index (χ4n) is 0.743. The predicted molar refractivity (Wildman–Crippen MR) is 54.4 cm³/mol. The smallest absolute Gasteiger partial charge is 0.0302 e. The Kier molecular flexibility index (Phi) is 4.12. The Labute approximate surface area is 79.9 Å². The molecule has 1 atom stereocenters. The van der Waals surface area contributed by atoms with Gasteiger partial charge in [0.15, 0.2) is 0 Å². The van der Waals surface area contributed by atoms with Gasteiger partial charge in [-0.2, -0.15) is 0 Å². The number of rotatable bonds is 4. The van der Waals surface area contributed by atoms with Crippen LogP contribution >= 0.6 is 27.3 Å². The van der Waals surface area contributed by atoms with Crippen molar-refractivity contribution in [2.75, 3.05) is 5.33 Å². The van der Waals surface area contributed by atoms with Crippen LogP contribution in [-0.2, 0) is 6.54 Å².